The van der Waals surface area contributed by atoms with Crippen molar-refractivity contribution in [3.05, 3.63) is 29.8 Å². The van der Waals surface area contributed by atoms with Gasteiger partial charge < -0.3 is 9.84 Å². The van der Waals surface area contributed by atoms with E-state index in [1.54, 1.807) is 18.2 Å². The minimum atomic E-state index is -1.20. The summed E-state index contributed by atoms with van der Waals surface area (Å²) >= 11 is 0. The lowest BCUT2D eigenvalue weighted by molar-refractivity contribution is -0.266. The van der Waals surface area contributed by atoms with Crippen molar-refractivity contribution in [1.82, 2.24) is 0 Å². The number of carboxylic acid groups (broad SMARTS) is 1. The van der Waals surface area contributed by atoms with Gasteiger partial charge in [0.15, 0.2) is 6.61 Å². The van der Waals surface area contributed by atoms with Crippen molar-refractivity contribution in [3.63, 3.8) is 0 Å². The molecule has 0 aromatic heterocycles. The fourth-order valence-corrected chi connectivity index (χ4v) is 1.12. The van der Waals surface area contributed by atoms with Crippen LogP contribution < -0.4 is 4.74 Å². The number of hydrogen-bond acceptors (Lipinski definition) is 5. The van der Waals surface area contributed by atoms with E-state index >= 15 is 0 Å². The first-order valence-electron chi connectivity index (χ1n) is 4.32. The van der Waals surface area contributed by atoms with Gasteiger partial charge in [0.05, 0.1) is 0 Å². The zero-order chi connectivity index (χ0) is 12.0. The molecule has 1 aromatic rings. The number of aliphatic carboxylic acids is 1. The number of para-hydroxylation sites is 1. The van der Waals surface area contributed by atoms with Gasteiger partial charge in [-0.3, -0.25) is 5.26 Å². The van der Waals surface area contributed by atoms with Gasteiger partial charge in [-0.1, -0.05) is 18.2 Å². The summed E-state index contributed by atoms with van der Waals surface area (Å²) in [7, 11) is 0. The van der Waals surface area contributed by atoms with Gasteiger partial charge in [0.2, 0.25) is 6.10 Å². The van der Waals surface area contributed by atoms with E-state index < -0.39 is 18.7 Å². The Bertz CT molecular complexity index is 412. The molecular weight excluding hydrogens is 214 g/mol. The zero-order valence-electron chi connectivity index (χ0n) is 8.16. The Labute approximate surface area is 91.2 Å². The fourth-order valence-electron chi connectivity index (χ4n) is 1.12. The molecule has 0 radical (unpaired) electrons. The minimum absolute atomic E-state index is 0.186. The van der Waals surface area contributed by atoms with Crippen LogP contribution in [0.25, 0.3) is 0 Å². The Hall–Kier alpha value is -2.10. The van der Waals surface area contributed by atoms with Crippen LogP contribution in [0.1, 0.15) is 11.7 Å². The van der Waals surface area contributed by atoms with E-state index in [-0.39, 0.29) is 11.3 Å². The van der Waals surface area contributed by atoms with Gasteiger partial charge in [0, 0.05) is 5.56 Å². The van der Waals surface area contributed by atoms with Crippen LogP contribution >= 0.6 is 0 Å². The van der Waals surface area contributed by atoms with Gasteiger partial charge in [-0.25, -0.2) is 9.68 Å². The first kappa shape index (κ1) is 12.0. The summed E-state index contributed by atoms with van der Waals surface area (Å²) in [6, 6.07) is 7.92. The maximum Gasteiger partial charge on any atom is 0.341 e. The number of benzene rings is 1. The molecule has 84 valence electrons. The molecule has 0 bridgehead atoms. The molecule has 0 saturated carbocycles. The van der Waals surface area contributed by atoms with E-state index in [4.69, 9.17) is 20.4 Å². The van der Waals surface area contributed by atoms with E-state index in [9.17, 15) is 4.79 Å². The number of hydrogen-bond donors (Lipinski definition) is 2. The SMILES string of the molecule is N#CC(OO)c1ccccc1OCC(=O)O. The van der Waals surface area contributed by atoms with Crippen molar-refractivity contribution in [1.29, 1.82) is 5.26 Å². The highest BCUT2D eigenvalue weighted by Gasteiger charge is 2.16. The lowest BCUT2D eigenvalue weighted by Crippen LogP contribution is -2.11. The predicted molar refractivity (Wildman–Crippen MR) is 51.6 cm³/mol. The van der Waals surface area contributed by atoms with Gasteiger partial charge in [-0.2, -0.15) is 5.26 Å². The van der Waals surface area contributed by atoms with E-state index in [0.29, 0.717) is 0 Å². The fraction of sp³-hybridized carbons (Fsp3) is 0.200. The lowest BCUT2D eigenvalue weighted by Gasteiger charge is -2.11. The minimum Gasteiger partial charge on any atom is -0.481 e. The molecule has 0 heterocycles. The maximum atomic E-state index is 10.3. The van der Waals surface area contributed by atoms with E-state index in [1.165, 1.54) is 12.1 Å². The molecule has 1 atom stereocenters. The van der Waals surface area contributed by atoms with Crippen molar-refractivity contribution >= 4 is 5.97 Å². The summed E-state index contributed by atoms with van der Waals surface area (Å²) in [6.45, 7) is -0.527. The normalized spacial score (nSPS) is 11.5. The molecule has 6 nitrogen and oxygen atoms in total. The van der Waals surface area contributed by atoms with Crippen LogP contribution in [0.5, 0.6) is 5.75 Å². The summed E-state index contributed by atoms with van der Waals surface area (Å²) in [5.41, 5.74) is 0.272. The van der Waals surface area contributed by atoms with Crippen LogP contribution in [-0.2, 0) is 9.68 Å². The third-order valence-electron chi connectivity index (χ3n) is 1.78. The summed E-state index contributed by atoms with van der Waals surface area (Å²) < 4.78 is 4.94. The Morgan fingerprint density at radius 2 is 2.19 bits per heavy atom. The van der Waals surface area contributed by atoms with Gasteiger partial charge in [-0.05, 0) is 6.07 Å². The smallest absolute Gasteiger partial charge is 0.341 e. The molecule has 6 heteroatoms. The standard InChI is InChI=1S/C10H9NO5/c11-5-9(16-14)7-3-1-2-4-8(7)15-6-10(12)13/h1-4,9,14H,6H2,(H,12,13). The van der Waals surface area contributed by atoms with Gasteiger partial charge in [0.1, 0.15) is 11.8 Å². The number of rotatable bonds is 5. The molecule has 0 aliphatic heterocycles. The second kappa shape index (κ2) is 5.70. The third-order valence-corrected chi connectivity index (χ3v) is 1.78. The molecule has 1 rings (SSSR count). The van der Waals surface area contributed by atoms with E-state index in [1.807, 2.05) is 0 Å². The molecule has 16 heavy (non-hydrogen) atoms. The number of carboxylic acids is 1. The number of nitrogens with zero attached hydrogens (tertiary/aromatic N) is 1. The van der Waals surface area contributed by atoms with Crippen LogP contribution in [0.3, 0.4) is 0 Å². The second-order valence-corrected chi connectivity index (χ2v) is 2.83. The number of nitriles is 1. The third kappa shape index (κ3) is 2.95. The summed E-state index contributed by atoms with van der Waals surface area (Å²) in [4.78, 5) is 14.3. The number of carbonyl (C=O) groups is 1. The average Bonchev–Trinajstić information content (AvgIpc) is 2.29. The Morgan fingerprint density at radius 1 is 1.50 bits per heavy atom. The lowest BCUT2D eigenvalue weighted by atomic mass is 10.1. The largest absolute Gasteiger partial charge is 0.481 e. The highest BCUT2D eigenvalue weighted by Crippen LogP contribution is 2.26. The van der Waals surface area contributed by atoms with Crippen LogP contribution in [0.2, 0.25) is 0 Å². The van der Waals surface area contributed by atoms with E-state index in [2.05, 4.69) is 4.89 Å². The average molecular weight is 223 g/mol. The zero-order valence-corrected chi connectivity index (χ0v) is 8.16. The van der Waals surface area contributed by atoms with Crippen LogP contribution in [0, 0.1) is 11.3 Å². The highest BCUT2D eigenvalue weighted by atomic mass is 17.1. The maximum absolute atomic E-state index is 10.3. The first-order chi connectivity index (χ1) is 7.69. The molecule has 0 fully saturated rings. The van der Waals surface area contributed by atoms with Gasteiger partial charge in [-0.15, -0.1) is 0 Å². The second-order valence-electron chi connectivity index (χ2n) is 2.83. The molecule has 1 aromatic carbocycles. The quantitative estimate of drug-likeness (QED) is 0.574. The van der Waals surface area contributed by atoms with Crippen molar-refractivity contribution in [3.8, 4) is 11.8 Å². The molecule has 0 spiro atoms. The van der Waals surface area contributed by atoms with Crippen LogP contribution in [0.4, 0.5) is 0 Å². The molecular formula is C10H9NO5. The van der Waals surface area contributed by atoms with Crippen molar-refractivity contribution < 1.29 is 24.8 Å². The Morgan fingerprint density at radius 3 is 2.75 bits per heavy atom. The first-order valence-corrected chi connectivity index (χ1v) is 4.32. The molecule has 0 aliphatic rings. The summed E-state index contributed by atoms with van der Waals surface area (Å²) in [5.74, 6) is -0.946. The van der Waals surface area contributed by atoms with Crippen LogP contribution in [0.15, 0.2) is 24.3 Å². The monoisotopic (exact) mass is 223 g/mol. The number of ether oxygens (including phenoxy) is 1. The molecule has 1 unspecified atom stereocenters. The van der Waals surface area contributed by atoms with E-state index in [0.717, 1.165) is 0 Å². The van der Waals surface area contributed by atoms with Crippen molar-refractivity contribution in [2.75, 3.05) is 6.61 Å². The van der Waals surface area contributed by atoms with Crippen LogP contribution in [-0.4, -0.2) is 22.9 Å². The summed E-state index contributed by atoms with van der Waals surface area (Å²) in [6.07, 6.45) is -1.20. The predicted octanol–water partition coefficient (Wildman–Crippen LogP) is 1.20. The van der Waals surface area contributed by atoms with Crippen molar-refractivity contribution in [2.24, 2.45) is 0 Å². The summed E-state index contributed by atoms with van der Waals surface area (Å²) in [5, 5.41) is 25.6. The van der Waals surface area contributed by atoms with Crippen molar-refractivity contribution in [2.45, 2.75) is 6.10 Å². The molecule has 0 aliphatic carbocycles. The van der Waals surface area contributed by atoms with Gasteiger partial charge >= 0.3 is 5.97 Å². The highest BCUT2D eigenvalue weighted by molar-refractivity contribution is 5.68. The molecule has 0 amide bonds. The molecule has 0 saturated heterocycles. The topological polar surface area (TPSA) is 99.8 Å². The van der Waals surface area contributed by atoms with Gasteiger partial charge in [0.25, 0.3) is 0 Å². The Kier molecular flexibility index (Phi) is 4.27. The molecule has 2 N–H and O–H groups in total. The Balaban J connectivity index is 2.91.